The minimum absolute atomic E-state index is 0.507. The van der Waals surface area contributed by atoms with Crippen LogP contribution in [0.5, 0.6) is 0 Å². The van der Waals surface area contributed by atoms with Crippen LogP contribution in [0, 0.1) is 13.8 Å². The van der Waals surface area contributed by atoms with Crippen molar-refractivity contribution in [1.82, 2.24) is 24.4 Å². The van der Waals surface area contributed by atoms with Crippen molar-refractivity contribution in [2.75, 3.05) is 11.2 Å². The second-order valence-corrected chi connectivity index (χ2v) is 7.55. The van der Waals surface area contributed by atoms with E-state index in [4.69, 9.17) is 5.73 Å². The highest BCUT2D eigenvalue weighted by molar-refractivity contribution is 5.80. The molecule has 5 aromatic rings. The van der Waals surface area contributed by atoms with Crippen molar-refractivity contribution in [2.24, 2.45) is 5.10 Å². The summed E-state index contributed by atoms with van der Waals surface area (Å²) in [4.78, 5) is 4.68. The molecule has 0 aliphatic heterocycles. The average Bonchev–Trinajstić information content (AvgIpc) is 3.38. The van der Waals surface area contributed by atoms with Crippen molar-refractivity contribution in [3.63, 3.8) is 0 Å². The van der Waals surface area contributed by atoms with E-state index in [1.807, 2.05) is 79.5 Å². The molecule has 3 aromatic heterocycles. The normalized spacial score (nSPS) is 11.4. The number of aryl methyl sites for hydroxylation is 1. The van der Waals surface area contributed by atoms with Gasteiger partial charge in [0, 0.05) is 11.6 Å². The molecular formula is C24H22N8. The zero-order valence-electron chi connectivity index (χ0n) is 17.8. The lowest BCUT2D eigenvalue weighted by Gasteiger charge is -2.04. The maximum absolute atomic E-state index is 6.25. The van der Waals surface area contributed by atoms with Gasteiger partial charge >= 0.3 is 0 Å². The molecule has 0 spiro atoms. The number of nitrogens with zero attached hydrogens (tertiary/aromatic N) is 6. The summed E-state index contributed by atoms with van der Waals surface area (Å²) in [5, 5.41) is 13.4. The Hall–Kier alpha value is -4.46. The van der Waals surface area contributed by atoms with E-state index in [0.717, 1.165) is 28.2 Å². The van der Waals surface area contributed by atoms with E-state index >= 15 is 0 Å². The average molecular weight is 422 g/mol. The predicted octanol–water partition coefficient (Wildman–Crippen LogP) is 4.23. The summed E-state index contributed by atoms with van der Waals surface area (Å²) in [5.41, 5.74) is 16.1. The Morgan fingerprint density at radius 3 is 2.69 bits per heavy atom. The van der Waals surface area contributed by atoms with Crippen LogP contribution < -0.4 is 11.2 Å². The predicted molar refractivity (Wildman–Crippen MR) is 127 cm³/mol. The Bertz CT molecular complexity index is 1430. The number of hydrazone groups is 1. The Balaban J connectivity index is 1.44. The SMILES string of the molecule is Cc1cccc(/C=N/Nc2cc(N)c3nc(-c4cnn(-c5ccccc5)c4C)cn3n2)c1. The molecule has 0 atom stereocenters. The maximum atomic E-state index is 6.25. The smallest absolute Gasteiger partial charge is 0.177 e. The molecule has 5 rings (SSSR count). The molecule has 0 amide bonds. The Morgan fingerprint density at radius 1 is 1.03 bits per heavy atom. The summed E-state index contributed by atoms with van der Waals surface area (Å²) < 4.78 is 3.55. The molecule has 2 aromatic carbocycles. The number of imidazole rings is 1. The van der Waals surface area contributed by atoms with E-state index in [1.54, 1.807) is 16.8 Å². The van der Waals surface area contributed by atoms with Gasteiger partial charge < -0.3 is 5.73 Å². The number of fused-ring (bicyclic) bond motifs is 1. The van der Waals surface area contributed by atoms with Crippen LogP contribution in [0.15, 0.2) is 78.2 Å². The minimum Gasteiger partial charge on any atom is -0.396 e. The lowest BCUT2D eigenvalue weighted by Crippen LogP contribution is -2.01. The largest absolute Gasteiger partial charge is 0.396 e. The molecule has 0 aliphatic rings. The zero-order chi connectivity index (χ0) is 22.1. The van der Waals surface area contributed by atoms with Gasteiger partial charge in [-0.25, -0.2) is 14.2 Å². The quantitative estimate of drug-likeness (QED) is 0.326. The molecule has 158 valence electrons. The fraction of sp³-hybridized carbons (Fsp3) is 0.0833. The first-order valence-electron chi connectivity index (χ1n) is 10.2. The standard InChI is InChI=1S/C24H22N8/c1-16-7-6-8-18(11-16)13-26-29-23-12-21(25)24-28-22(15-31(24)30-23)20-14-27-32(17(20)2)19-9-4-3-5-10-19/h3-15H,25H2,1-2H3,(H,29,30)/b26-13+. The first-order valence-corrected chi connectivity index (χ1v) is 10.2. The Morgan fingerprint density at radius 2 is 1.88 bits per heavy atom. The van der Waals surface area contributed by atoms with Crippen LogP contribution in [0.4, 0.5) is 11.5 Å². The lowest BCUT2D eigenvalue weighted by atomic mass is 10.2. The molecule has 3 N–H and O–H groups in total. The molecule has 3 heterocycles. The first-order chi connectivity index (χ1) is 15.6. The summed E-state index contributed by atoms with van der Waals surface area (Å²) in [7, 11) is 0. The number of nitrogens with one attached hydrogen (secondary N) is 1. The van der Waals surface area contributed by atoms with E-state index in [-0.39, 0.29) is 0 Å². The van der Waals surface area contributed by atoms with Crippen LogP contribution >= 0.6 is 0 Å². The van der Waals surface area contributed by atoms with Gasteiger partial charge in [-0.3, -0.25) is 5.43 Å². The van der Waals surface area contributed by atoms with E-state index < -0.39 is 0 Å². The number of nitrogens with two attached hydrogens (primary N) is 1. The molecule has 0 fully saturated rings. The Labute approximate surface area is 185 Å². The summed E-state index contributed by atoms with van der Waals surface area (Å²) in [5.74, 6) is 0.527. The molecule has 8 heteroatoms. The van der Waals surface area contributed by atoms with Crippen molar-refractivity contribution < 1.29 is 0 Å². The van der Waals surface area contributed by atoms with E-state index in [1.165, 1.54) is 5.56 Å². The van der Waals surface area contributed by atoms with Crippen molar-refractivity contribution in [2.45, 2.75) is 13.8 Å². The van der Waals surface area contributed by atoms with Gasteiger partial charge in [0.25, 0.3) is 0 Å². The molecule has 0 saturated carbocycles. The number of hydrogen-bond acceptors (Lipinski definition) is 6. The van der Waals surface area contributed by atoms with E-state index in [9.17, 15) is 0 Å². The Kier molecular flexibility index (Phi) is 4.87. The van der Waals surface area contributed by atoms with Crippen LogP contribution in [-0.4, -0.2) is 30.6 Å². The van der Waals surface area contributed by atoms with Crippen molar-refractivity contribution in [1.29, 1.82) is 0 Å². The molecule has 0 bridgehead atoms. The highest BCUT2D eigenvalue weighted by Gasteiger charge is 2.15. The van der Waals surface area contributed by atoms with E-state index in [0.29, 0.717) is 17.2 Å². The summed E-state index contributed by atoms with van der Waals surface area (Å²) in [6.07, 6.45) is 5.40. The third-order valence-electron chi connectivity index (χ3n) is 5.18. The van der Waals surface area contributed by atoms with Gasteiger partial charge in [-0.05, 0) is 31.5 Å². The van der Waals surface area contributed by atoms with Crippen molar-refractivity contribution in [3.8, 4) is 16.9 Å². The monoisotopic (exact) mass is 422 g/mol. The summed E-state index contributed by atoms with van der Waals surface area (Å²) >= 11 is 0. The highest BCUT2D eigenvalue weighted by atomic mass is 15.4. The molecular weight excluding hydrogens is 400 g/mol. The third kappa shape index (κ3) is 3.69. The van der Waals surface area contributed by atoms with Crippen LogP contribution in [0.25, 0.3) is 22.6 Å². The number of para-hydroxylation sites is 1. The lowest BCUT2D eigenvalue weighted by molar-refractivity contribution is 0.847. The highest BCUT2D eigenvalue weighted by Crippen LogP contribution is 2.26. The number of rotatable bonds is 5. The minimum atomic E-state index is 0.507. The van der Waals surface area contributed by atoms with Gasteiger partial charge in [-0.1, -0.05) is 48.0 Å². The fourth-order valence-electron chi connectivity index (χ4n) is 3.60. The molecule has 0 unspecified atom stereocenters. The zero-order valence-corrected chi connectivity index (χ0v) is 17.8. The molecule has 0 radical (unpaired) electrons. The number of hydrogen-bond donors (Lipinski definition) is 2. The van der Waals surface area contributed by atoms with Crippen molar-refractivity contribution >= 4 is 23.4 Å². The van der Waals surface area contributed by atoms with Crippen LogP contribution in [0.1, 0.15) is 16.8 Å². The number of anilines is 2. The van der Waals surface area contributed by atoms with Crippen LogP contribution in [-0.2, 0) is 0 Å². The van der Waals surface area contributed by atoms with Gasteiger partial charge in [-0.15, -0.1) is 5.10 Å². The van der Waals surface area contributed by atoms with Crippen molar-refractivity contribution in [3.05, 3.63) is 89.9 Å². The number of benzene rings is 2. The topological polar surface area (TPSA) is 98.4 Å². The third-order valence-corrected chi connectivity index (χ3v) is 5.18. The van der Waals surface area contributed by atoms with Crippen LogP contribution in [0.3, 0.4) is 0 Å². The summed E-state index contributed by atoms with van der Waals surface area (Å²) in [6.45, 7) is 4.06. The van der Waals surface area contributed by atoms with Gasteiger partial charge in [0.1, 0.15) is 0 Å². The fourth-order valence-corrected chi connectivity index (χ4v) is 3.60. The number of nitrogen functional groups attached to an aromatic ring is 1. The molecule has 0 aliphatic carbocycles. The second kappa shape index (κ2) is 7.99. The van der Waals surface area contributed by atoms with Crippen LogP contribution in [0.2, 0.25) is 0 Å². The molecule has 0 saturated heterocycles. The molecule has 32 heavy (non-hydrogen) atoms. The maximum Gasteiger partial charge on any atom is 0.177 e. The summed E-state index contributed by atoms with van der Waals surface area (Å²) in [6, 6.07) is 19.8. The van der Waals surface area contributed by atoms with Gasteiger partial charge in [-0.2, -0.15) is 10.2 Å². The van der Waals surface area contributed by atoms with E-state index in [2.05, 4.69) is 31.8 Å². The van der Waals surface area contributed by atoms with Gasteiger partial charge in [0.2, 0.25) is 0 Å². The number of aromatic nitrogens is 5. The van der Waals surface area contributed by atoms with Gasteiger partial charge in [0.15, 0.2) is 11.5 Å². The second-order valence-electron chi connectivity index (χ2n) is 7.55. The molecule has 8 nitrogen and oxygen atoms in total. The van der Waals surface area contributed by atoms with Gasteiger partial charge in [0.05, 0.1) is 41.4 Å². The first kappa shape index (κ1) is 19.5.